The predicted octanol–water partition coefficient (Wildman–Crippen LogP) is 4.50. The van der Waals surface area contributed by atoms with Crippen LogP contribution in [0.1, 0.15) is 17.0 Å². The molecule has 160 valence electrons. The van der Waals surface area contributed by atoms with Crippen LogP contribution in [0.3, 0.4) is 0 Å². The van der Waals surface area contributed by atoms with Gasteiger partial charge < -0.3 is 14.6 Å². The topological polar surface area (TPSA) is 84.7 Å². The van der Waals surface area contributed by atoms with Gasteiger partial charge in [-0.3, -0.25) is 9.59 Å². The molecule has 0 aliphatic rings. The highest BCUT2D eigenvalue weighted by atomic mass is 35.5. The first-order valence-corrected chi connectivity index (χ1v) is 9.98. The Labute approximate surface area is 189 Å². The third kappa shape index (κ3) is 5.25. The van der Waals surface area contributed by atoms with E-state index in [4.69, 9.17) is 27.9 Å². The highest BCUT2D eigenvalue weighted by Crippen LogP contribution is 2.28. The van der Waals surface area contributed by atoms with Crippen molar-refractivity contribution >= 4 is 46.9 Å². The van der Waals surface area contributed by atoms with Crippen LogP contribution in [0.25, 0.3) is 5.69 Å². The Kier molecular flexibility index (Phi) is 6.99. The number of benzene rings is 2. The Morgan fingerprint density at radius 2 is 1.74 bits per heavy atom. The van der Waals surface area contributed by atoms with E-state index in [1.807, 2.05) is 36.6 Å². The van der Waals surface area contributed by atoms with Gasteiger partial charge in [-0.1, -0.05) is 23.2 Å². The van der Waals surface area contributed by atoms with E-state index in [-0.39, 0.29) is 0 Å². The number of hydrazone groups is 1. The van der Waals surface area contributed by atoms with Gasteiger partial charge in [-0.2, -0.15) is 5.10 Å². The molecule has 0 aliphatic heterocycles. The fourth-order valence-corrected chi connectivity index (χ4v) is 3.42. The molecule has 1 heterocycles. The second kappa shape index (κ2) is 9.68. The summed E-state index contributed by atoms with van der Waals surface area (Å²) in [5, 5.41) is 7.41. The zero-order valence-electron chi connectivity index (χ0n) is 17.1. The Morgan fingerprint density at radius 3 is 2.39 bits per heavy atom. The fraction of sp³-hybridized carbons (Fsp3) is 0.136. The molecule has 0 saturated heterocycles. The van der Waals surface area contributed by atoms with Gasteiger partial charge in [0.2, 0.25) is 0 Å². The standard InChI is InChI=1S/C22H20Cl2N4O3/c1-13-10-15(14(2)28(13)18-8-9-20(31-3)19(24)11-18)12-25-27-22(30)21(29)26-17-6-4-16(23)5-7-17/h4-12H,1-3H3,(H,26,29)(H,27,30)/b25-12-. The number of aryl methyl sites for hydroxylation is 1. The number of carbonyl (C=O) groups excluding carboxylic acids is 2. The third-order valence-electron chi connectivity index (χ3n) is 4.54. The lowest BCUT2D eigenvalue weighted by atomic mass is 10.2. The number of hydrogen-bond donors (Lipinski definition) is 2. The zero-order valence-corrected chi connectivity index (χ0v) is 18.6. The van der Waals surface area contributed by atoms with Gasteiger partial charge in [0.05, 0.1) is 18.3 Å². The van der Waals surface area contributed by atoms with Crippen molar-refractivity contribution in [2.45, 2.75) is 13.8 Å². The van der Waals surface area contributed by atoms with Gasteiger partial charge >= 0.3 is 11.8 Å². The van der Waals surface area contributed by atoms with E-state index in [0.29, 0.717) is 21.5 Å². The average Bonchev–Trinajstić information content (AvgIpc) is 3.02. The third-order valence-corrected chi connectivity index (χ3v) is 5.09. The van der Waals surface area contributed by atoms with E-state index in [2.05, 4.69) is 15.8 Å². The Bertz CT molecular complexity index is 1150. The minimum atomic E-state index is -0.887. The number of amides is 2. The van der Waals surface area contributed by atoms with Crippen LogP contribution < -0.4 is 15.5 Å². The maximum atomic E-state index is 12.0. The Balaban J connectivity index is 1.69. The molecule has 9 heteroatoms. The van der Waals surface area contributed by atoms with Crippen LogP contribution >= 0.6 is 23.2 Å². The molecular weight excluding hydrogens is 439 g/mol. The van der Waals surface area contributed by atoms with Gasteiger partial charge in [-0.25, -0.2) is 5.43 Å². The maximum absolute atomic E-state index is 12.0. The van der Waals surface area contributed by atoms with E-state index in [1.165, 1.54) is 6.21 Å². The molecule has 0 fully saturated rings. The van der Waals surface area contributed by atoms with Crippen molar-refractivity contribution in [1.29, 1.82) is 0 Å². The number of halogens is 2. The number of carbonyl (C=O) groups is 2. The molecular formula is C22H20Cl2N4O3. The summed E-state index contributed by atoms with van der Waals surface area (Å²) in [5.41, 5.74) is 6.17. The molecule has 1 aromatic heterocycles. The lowest BCUT2D eigenvalue weighted by Gasteiger charge is -2.11. The smallest absolute Gasteiger partial charge is 0.329 e. The van der Waals surface area contributed by atoms with Crippen LogP contribution in [-0.4, -0.2) is 29.7 Å². The monoisotopic (exact) mass is 458 g/mol. The summed E-state index contributed by atoms with van der Waals surface area (Å²) in [6.07, 6.45) is 1.48. The second-order valence-corrected chi connectivity index (χ2v) is 7.48. The van der Waals surface area contributed by atoms with Crippen LogP contribution in [0, 0.1) is 13.8 Å². The lowest BCUT2D eigenvalue weighted by molar-refractivity contribution is -0.136. The molecule has 0 saturated carbocycles. The molecule has 0 radical (unpaired) electrons. The van der Waals surface area contributed by atoms with E-state index in [1.54, 1.807) is 37.4 Å². The van der Waals surface area contributed by atoms with Crippen molar-refractivity contribution in [2.75, 3.05) is 12.4 Å². The van der Waals surface area contributed by atoms with Gasteiger partial charge in [0, 0.05) is 33.3 Å². The Morgan fingerprint density at radius 1 is 1.03 bits per heavy atom. The molecule has 3 rings (SSSR count). The molecule has 7 nitrogen and oxygen atoms in total. The van der Waals surface area contributed by atoms with Crippen LogP contribution in [0.2, 0.25) is 10.0 Å². The number of hydrogen-bond acceptors (Lipinski definition) is 4. The molecule has 0 aliphatic carbocycles. The van der Waals surface area contributed by atoms with E-state index >= 15 is 0 Å². The normalized spacial score (nSPS) is 10.9. The number of nitrogens with one attached hydrogen (secondary N) is 2. The summed E-state index contributed by atoms with van der Waals surface area (Å²) < 4.78 is 7.20. The molecule has 31 heavy (non-hydrogen) atoms. The van der Waals surface area contributed by atoms with Crippen molar-refractivity contribution in [3.05, 3.63) is 75.5 Å². The number of nitrogens with zero attached hydrogens (tertiary/aromatic N) is 2. The minimum absolute atomic E-state index is 0.454. The second-order valence-electron chi connectivity index (χ2n) is 6.64. The van der Waals surface area contributed by atoms with Crippen LogP contribution in [0.5, 0.6) is 5.75 Å². The first kappa shape index (κ1) is 22.4. The van der Waals surface area contributed by atoms with Crippen molar-refractivity contribution in [3.8, 4) is 11.4 Å². The van der Waals surface area contributed by atoms with Gasteiger partial charge in [0.15, 0.2) is 0 Å². The summed E-state index contributed by atoms with van der Waals surface area (Å²) >= 11 is 12.0. The van der Waals surface area contributed by atoms with Crippen LogP contribution in [0.4, 0.5) is 5.69 Å². The van der Waals surface area contributed by atoms with E-state index in [9.17, 15) is 9.59 Å². The van der Waals surface area contributed by atoms with Crippen LogP contribution in [0.15, 0.2) is 53.6 Å². The maximum Gasteiger partial charge on any atom is 0.329 e. The molecule has 0 spiro atoms. The minimum Gasteiger partial charge on any atom is -0.495 e. The molecule has 2 N–H and O–H groups in total. The largest absolute Gasteiger partial charge is 0.495 e. The summed E-state index contributed by atoms with van der Waals surface area (Å²) in [6, 6.07) is 13.8. The Hall–Kier alpha value is -3.29. The zero-order chi connectivity index (χ0) is 22.5. The van der Waals surface area contributed by atoms with E-state index < -0.39 is 11.8 Å². The fourth-order valence-electron chi connectivity index (χ4n) is 3.04. The number of anilines is 1. The van der Waals surface area contributed by atoms with Crippen molar-refractivity contribution in [1.82, 2.24) is 9.99 Å². The first-order valence-electron chi connectivity index (χ1n) is 9.23. The van der Waals surface area contributed by atoms with E-state index in [0.717, 1.165) is 22.6 Å². The average molecular weight is 459 g/mol. The molecule has 2 aromatic carbocycles. The molecule has 0 unspecified atom stereocenters. The molecule has 2 amide bonds. The number of ether oxygens (including phenoxy) is 1. The number of methoxy groups -OCH3 is 1. The van der Waals surface area contributed by atoms with Gasteiger partial charge in [0.1, 0.15) is 5.75 Å². The van der Waals surface area contributed by atoms with Crippen LogP contribution in [-0.2, 0) is 9.59 Å². The predicted molar refractivity (Wildman–Crippen MR) is 123 cm³/mol. The SMILES string of the molecule is COc1ccc(-n2c(C)cc(/C=N\NC(=O)C(=O)Nc3ccc(Cl)cc3)c2C)cc1Cl. The van der Waals surface area contributed by atoms with Crippen molar-refractivity contribution < 1.29 is 14.3 Å². The van der Waals surface area contributed by atoms with Crippen molar-refractivity contribution in [3.63, 3.8) is 0 Å². The van der Waals surface area contributed by atoms with Gasteiger partial charge in [-0.05, 0) is 62.4 Å². The lowest BCUT2D eigenvalue weighted by Crippen LogP contribution is -2.32. The van der Waals surface area contributed by atoms with Gasteiger partial charge in [-0.15, -0.1) is 0 Å². The molecule has 0 atom stereocenters. The number of rotatable bonds is 5. The summed E-state index contributed by atoms with van der Waals surface area (Å²) in [5.74, 6) is -1.13. The number of aromatic nitrogens is 1. The highest BCUT2D eigenvalue weighted by molar-refractivity contribution is 6.39. The van der Waals surface area contributed by atoms with Gasteiger partial charge in [0.25, 0.3) is 0 Å². The summed E-state index contributed by atoms with van der Waals surface area (Å²) in [6.45, 7) is 3.86. The summed E-state index contributed by atoms with van der Waals surface area (Å²) in [4.78, 5) is 24.0. The quantitative estimate of drug-likeness (QED) is 0.335. The highest BCUT2D eigenvalue weighted by Gasteiger charge is 2.14. The molecule has 0 bridgehead atoms. The first-order chi connectivity index (χ1) is 14.8. The van der Waals surface area contributed by atoms with Crippen molar-refractivity contribution in [2.24, 2.45) is 5.10 Å². The molecule has 3 aromatic rings. The summed E-state index contributed by atoms with van der Waals surface area (Å²) in [7, 11) is 1.56.